The van der Waals surface area contributed by atoms with Gasteiger partial charge in [-0.25, -0.2) is 0 Å². The quantitative estimate of drug-likeness (QED) is 0.771. The van der Waals surface area contributed by atoms with Gasteiger partial charge < -0.3 is 20.1 Å². The van der Waals surface area contributed by atoms with Crippen molar-refractivity contribution in [2.75, 3.05) is 26.1 Å². The Hall–Kier alpha value is -2.76. The van der Waals surface area contributed by atoms with Crippen LogP contribution in [0.3, 0.4) is 0 Å². The first-order chi connectivity index (χ1) is 12.0. The molecular weight excluding hydrogens is 318 g/mol. The fourth-order valence-corrected chi connectivity index (χ4v) is 2.42. The molecule has 6 heteroatoms. The Labute approximate surface area is 148 Å². The number of carbonyl (C=O) groups is 1. The lowest BCUT2D eigenvalue weighted by molar-refractivity contribution is 0.0949. The first kappa shape index (κ1) is 18.6. The van der Waals surface area contributed by atoms with Crippen molar-refractivity contribution < 1.29 is 14.3 Å². The van der Waals surface area contributed by atoms with Crippen molar-refractivity contribution in [1.29, 1.82) is 0 Å². The molecule has 1 aromatic heterocycles. The molecule has 134 valence electrons. The molecule has 0 fully saturated rings. The number of benzene rings is 1. The van der Waals surface area contributed by atoms with E-state index in [0.29, 0.717) is 36.2 Å². The maximum absolute atomic E-state index is 12.3. The van der Waals surface area contributed by atoms with Gasteiger partial charge in [-0.15, -0.1) is 0 Å². The summed E-state index contributed by atoms with van der Waals surface area (Å²) in [6.07, 6.45) is 2.32. The lowest BCUT2D eigenvalue weighted by atomic mass is 10.1. The molecule has 0 aliphatic rings. The predicted octanol–water partition coefficient (Wildman–Crippen LogP) is 2.89. The molecule has 1 heterocycles. The maximum Gasteiger partial charge on any atom is 0.269 e. The highest BCUT2D eigenvalue weighted by Crippen LogP contribution is 2.27. The second kappa shape index (κ2) is 8.92. The third-order valence-electron chi connectivity index (χ3n) is 3.60. The van der Waals surface area contributed by atoms with Crippen molar-refractivity contribution in [2.45, 2.75) is 26.3 Å². The molecule has 6 nitrogen and oxygen atoms in total. The number of nitrogens with zero attached hydrogens (tertiary/aromatic N) is 1. The van der Waals surface area contributed by atoms with Crippen LogP contribution in [0, 0.1) is 0 Å². The van der Waals surface area contributed by atoms with Gasteiger partial charge >= 0.3 is 0 Å². The molecule has 0 spiro atoms. The number of pyridine rings is 1. The summed E-state index contributed by atoms with van der Waals surface area (Å²) in [6.45, 7) is 4.60. The highest BCUT2D eigenvalue weighted by Gasteiger charge is 2.09. The van der Waals surface area contributed by atoms with E-state index in [1.165, 1.54) is 0 Å². The van der Waals surface area contributed by atoms with E-state index in [1.54, 1.807) is 26.5 Å². The normalized spacial score (nSPS) is 10.4. The van der Waals surface area contributed by atoms with Crippen LogP contribution in [-0.2, 0) is 6.42 Å². The second-order valence-electron chi connectivity index (χ2n) is 5.92. The molecule has 2 N–H and O–H groups in total. The van der Waals surface area contributed by atoms with Crippen molar-refractivity contribution in [3.8, 4) is 11.5 Å². The number of anilines is 1. The zero-order chi connectivity index (χ0) is 18.2. The largest absolute Gasteiger partial charge is 0.493 e. The molecular formula is C19H25N3O3. The molecule has 1 aromatic carbocycles. The summed E-state index contributed by atoms with van der Waals surface area (Å²) in [6, 6.07) is 9.63. The number of nitrogens with one attached hydrogen (secondary N) is 2. The smallest absolute Gasteiger partial charge is 0.269 e. The van der Waals surface area contributed by atoms with E-state index < -0.39 is 0 Å². The van der Waals surface area contributed by atoms with E-state index in [1.807, 2.05) is 38.1 Å². The van der Waals surface area contributed by atoms with Crippen LogP contribution in [0.25, 0.3) is 0 Å². The fraction of sp³-hybridized carbons (Fsp3) is 0.368. The average Bonchev–Trinajstić information content (AvgIpc) is 2.61. The average molecular weight is 343 g/mol. The molecule has 2 rings (SSSR count). The summed E-state index contributed by atoms with van der Waals surface area (Å²) < 4.78 is 10.5. The number of amides is 1. The lowest BCUT2D eigenvalue weighted by Gasteiger charge is -2.11. The minimum Gasteiger partial charge on any atom is -0.493 e. The number of carbonyl (C=O) groups excluding carboxylic acids is 1. The Balaban J connectivity index is 1.92. The van der Waals surface area contributed by atoms with Crippen molar-refractivity contribution in [3.63, 3.8) is 0 Å². The summed E-state index contributed by atoms with van der Waals surface area (Å²) in [5.74, 6) is 1.18. The zero-order valence-corrected chi connectivity index (χ0v) is 15.1. The lowest BCUT2D eigenvalue weighted by Crippen LogP contribution is -2.26. The molecule has 2 aromatic rings. The van der Waals surface area contributed by atoms with Crippen molar-refractivity contribution in [2.24, 2.45) is 0 Å². The van der Waals surface area contributed by atoms with Gasteiger partial charge in [0.15, 0.2) is 11.5 Å². The van der Waals surface area contributed by atoms with Crippen LogP contribution in [0.2, 0.25) is 0 Å². The third-order valence-corrected chi connectivity index (χ3v) is 3.60. The van der Waals surface area contributed by atoms with Gasteiger partial charge in [0.05, 0.1) is 14.2 Å². The van der Waals surface area contributed by atoms with Gasteiger partial charge in [-0.05, 0) is 50.1 Å². The summed E-state index contributed by atoms with van der Waals surface area (Å²) >= 11 is 0. The first-order valence-corrected chi connectivity index (χ1v) is 8.25. The SMILES string of the molecule is COc1ccc(CCNC(=O)c2cc(NC(C)C)ccn2)cc1OC. The number of methoxy groups -OCH3 is 2. The molecule has 0 atom stereocenters. The molecule has 0 aliphatic heterocycles. The van der Waals surface area contributed by atoms with Crippen LogP contribution in [0.15, 0.2) is 36.5 Å². The summed E-state index contributed by atoms with van der Waals surface area (Å²) in [7, 11) is 3.21. The molecule has 0 saturated heterocycles. The zero-order valence-electron chi connectivity index (χ0n) is 15.1. The topological polar surface area (TPSA) is 72.5 Å². The highest BCUT2D eigenvalue weighted by atomic mass is 16.5. The Morgan fingerprint density at radius 3 is 2.56 bits per heavy atom. The van der Waals surface area contributed by atoms with Gasteiger partial charge in [0.1, 0.15) is 5.69 Å². The second-order valence-corrected chi connectivity index (χ2v) is 5.92. The monoisotopic (exact) mass is 343 g/mol. The molecule has 25 heavy (non-hydrogen) atoms. The molecule has 0 bridgehead atoms. The molecule has 0 radical (unpaired) electrons. The summed E-state index contributed by atoms with van der Waals surface area (Å²) in [4.78, 5) is 16.4. The molecule has 0 unspecified atom stereocenters. The summed E-state index contributed by atoms with van der Waals surface area (Å²) in [5.41, 5.74) is 2.34. The minimum atomic E-state index is -0.187. The van der Waals surface area contributed by atoms with Crippen LogP contribution in [-0.4, -0.2) is 37.7 Å². The first-order valence-electron chi connectivity index (χ1n) is 8.25. The fourth-order valence-electron chi connectivity index (χ4n) is 2.42. The van der Waals surface area contributed by atoms with Gasteiger partial charge in [-0.2, -0.15) is 0 Å². The molecule has 0 saturated carbocycles. The predicted molar refractivity (Wildman–Crippen MR) is 98.6 cm³/mol. The van der Waals surface area contributed by atoms with Crippen LogP contribution in [0.5, 0.6) is 11.5 Å². The molecule has 1 amide bonds. The summed E-state index contributed by atoms with van der Waals surface area (Å²) in [5, 5.41) is 6.15. The van der Waals surface area contributed by atoms with Crippen LogP contribution >= 0.6 is 0 Å². The van der Waals surface area contributed by atoms with E-state index >= 15 is 0 Å². The van der Waals surface area contributed by atoms with E-state index in [-0.39, 0.29) is 5.91 Å². The van der Waals surface area contributed by atoms with Gasteiger partial charge in [-0.1, -0.05) is 6.07 Å². The Morgan fingerprint density at radius 1 is 1.12 bits per heavy atom. The van der Waals surface area contributed by atoms with E-state index in [2.05, 4.69) is 15.6 Å². The Bertz CT molecular complexity index is 717. The maximum atomic E-state index is 12.3. The molecule has 0 aliphatic carbocycles. The standard InChI is InChI=1S/C19H25N3O3/c1-13(2)22-15-8-10-20-16(12-15)19(23)21-9-7-14-5-6-17(24-3)18(11-14)25-4/h5-6,8,10-13H,7,9H2,1-4H3,(H,20,22)(H,21,23). The number of hydrogen-bond acceptors (Lipinski definition) is 5. The third kappa shape index (κ3) is 5.38. The Morgan fingerprint density at radius 2 is 1.88 bits per heavy atom. The van der Waals surface area contributed by atoms with E-state index in [4.69, 9.17) is 9.47 Å². The van der Waals surface area contributed by atoms with E-state index in [0.717, 1.165) is 11.3 Å². The van der Waals surface area contributed by atoms with Gasteiger partial charge in [-0.3, -0.25) is 9.78 Å². The number of aromatic nitrogens is 1. The van der Waals surface area contributed by atoms with Crippen LogP contribution in [0.1, 0.15) is 29.9 Å². The van der Waals surface area contributed by atoms with Crippen LogP contribution in [0.4, 0.5) is 5.69 Å². The van der Waals surface area contributed by atoms with E-state index in [9.17, 15) is 4.79 Å². The minimum absolute atomic E-state index is 0.187. The van der Waals surface area contributed by atoms with Gasteiger partial charge in [0, 0.05) is 24.5 Å². The van der Waals surface area contributed by atoms with Crippen molar-refractivity contribution >= 4 is 11.6 Å². The van der Waals surface area contributed by atoms with Gasteiger partial charge in [0.25, 0.3) is 5.91 Å². The Kier molecular flexibility index (Phi) is 6.62. The van der Waals surface area contributed by atoms with Crippen LogP contribution < -0.4 is 20.1 Å². The van der Waals surface area contributed by atoms with Crippen molar-refractivity contribution in [3.05, 3.63) is 47.8 Å². The van der Waals surface area contributed by atoms with Gasteiger partial charge in [0.2, 0.25) is 0 Å². The highest BCUT2D eigenvalue weighted by molar-refractivity contribution is 5.93. The number of rotatable bonds is 8. The van der Waals surface area contributed by atoms with Crippen molar-refractivity contribution in [1.82, 2.24) is 10.3 Å². The number of ether oxygens (including phenoxy) is 2. The number of hydrogen-bond donors (Lipinski definition) is 2.